The normalized spacial score (nSPS) is 11.4. The van der Waals surface area contributed by atoms with Crippen LogP contribution in [-0.4, -0.2) is 19.9 Å². The Kier molecular flexibility index (Phi) is 6.72. The summed E-state index contributed by atoms with van der Waals surface area (Å²) in [4.78, 5) is 9.95. The Bertz CT molecular complexity index is 858. The van der Waals surface area contributed by atoms with E-state index in [4.69, 9.17) is 0 Å². The summed E-state index contributed by atoms with van der Waals surface area (Å²) in [5.41, 5.74) is 0.664. The van der Waals surface area contributed by atoms with Crippen molar-refractivity contribution in [3.63, 3.8) is 0 Å². The Hall–Kier alpha value is -1.04. The number of benzene rings is 2. The largest absolute Gasteiger partial charge is 0.289 e. The van der Waals surface area contributed by atoms with Crippen molar-refractivity contribution in [1.82, 2.24) is 4.72 Å². The molecule has 0 bridgehead atoms. The third-order valence-corrected chi connectivity index (χ3v) is 6.23. The first-order valence-corrected chi connectivity index (χ1v) is 10.3. The van der Waals surface area contributed by atoms with Gasteiger partial charge in [0.15, 0.2) is 4.90 Å². The van der Waals surface area contributed by atoms with Gasteiger partial charge in [-0.2, -0.15) is 0 Å². The molecule has 9 heteroatoms. The first kappa shape index (κ1) is 19.3. The lowest BCUT2D eigenvalue weighted by atomic mass is 10.1. The molecule has 0 heterocycles. The highest BCUT2D eigenvalue weighted by molar-refractivity contribution is 14.1. The van der Waals surface area contributed by atoms with Crippen LogP contribution in [0.5, 0.6) is 0 Å². The Balaban J connectivity index is 2.01. The molecule has 24 heavy (non-hydrogen) atoms. The summed E-state index contributed by atoms with van der Waals surface area (Å²) < 4.78 is 29.0. The number of nitro benzene ring substituents is 1. The number of hydrogen-bond donors (Lipinski definition) is 1. The van der Waals surface area contributed by atoms with Crippen molar-refractivity contribution < 1.29 is 13.3 Å². The molecule has 2 aromatic carbocycles. The van der Waals surface area contributed by atoms with E-state index in [1.54, 1.807) is 0 Å². The van der Waals surface area contributed by atoms with Gasteiger partial charge in [0.05, 0.1) is 4.92 Å². The molecule has 0 atom stereocenters. The van der Waals surface area contributed by atoms with E-state index in [2.05, 4.69) is 43.2 Å². The van der Waals surface area contributed by atoms with E-state index in [1.165, 1.54) is 24.3 Å². The molecule has 0 unspecified atom stereocenters. The van der Waals surface area contributed by atoms with Crippen molar-refractivity contribution >= 4 is 54.2 Å². The molecule has 128 valence electrons. The minimum Gasteiger partial charge on any atom is -0.258 e. The van der Waals surface area contributed by atoms with Crippen LogP contribution in [0.15, 0.2) is 51.8 Å². The highest BCUT2D eigenvalue weighted by atomic mass is 127. The van der Waals surface area contributed by atoms with E-state index in [9.17, 15) is 18.5 Å². The third-order valence-electron chi connectivity index (χ3n) is 3.27. The van der Waals surface area contributed by atoms with Crippen LogP contribution in [0.25, 0.3) is 0 Å². The molecule has 0 aliphatic carbocycles. The van der Waals surface area contributed by atoms with Gasteiger partial charge in [-0.3, -0.25) is 10.1 Å². The van der Waals surface area contributed by atoms with Gasteiger partial charge >= 0.3 is 0 Å². The smallest absolute Gasteiger partial charge is 0.258 e. The number of hydrogen-bond acceptors (Lipinski definition) is 4. The second-order valence-corrected chi connectivity index (χ2v) is 8.80. The van der Waals surface area contributed by atoms with Gasteiger partial charge in [-0.05, 0) is 65.3 Å². The van der Waals surface area contributed by atoms with Gasteiger partial charge in [0.1, 0.15) is 0 Å². The van der Waals surface area contributed by atoms with Gasteiger partial charge in [0, 0.05) is 20.7 Å². The summed E-state index contributed by atoms with van der Waals surface area (Å²) in [7, 11) is -3.91. The molecule has 1 N–H and O–H groups in total. The lowest BCUT2D eigenvalue weighted by Crippen LogP contribution is -2.25. The van der Waals surface area contributed by atoms with E-state index in [1.807, 2.05) is 18.2 Å². The molecule has 0 fully saturated rings. The minimum atomic E-state index is -3.91. The third kappa shape index (κ3) is 4.98. The van der Waals surface area contributed by atoms with E-state index in [0.717, 1.165) is 13.6 Å². The van der Waals surface area contributed by atoms with Gasteiger partial charge in [0.2, 0.25) is 10.0 Å². The number of nitrogens with one attached hydrogen (secondary N) is 1. The van der Waals surface area contributed by atoms with Crippen LogP contribution in [0.2, 0.25) is 0 Å². The van der Waals surface area contributed by atoms with E-state index in [0.29, 0.717) is 12.8 Å². The number of para-hydroxylation sites is 1. The molecule has 0 saturated heterocycles. The zero-order valence-electron chi connectivity index (χ0n) is 12.4. The van der Waals surface area contributed by atoms with Gasteiger partial charge < -0.3 is 0 Å². The van der Waals surface area contributed by atoms with Crippen molar-refractivity contribution in [1.29, 1.82) is 0 Å². The number of nitro groups is 1. The number of aryl methyl sites for hydroxylation is 1. The Labute approximate surface area is 162 Å². The van der Waals surface area contributed by atoms with Gasteiger partial charge in [-0.15, -0.1) is 0 Å². The standard InChI is InChI=1S/C15H14BrIN2O4S/c16-13-8-7-12(17)10-11(13)4-3-9-18-24(22,23)15-6-2-1-5-14(15)19(20)21/h1-2,5-8,10,18H,3-4,9H2. The number of nitrogens with zero attached hydrogens (tertiary/aromatic N) is 1. The van der Waals surface area contributed by atoms with Crippen molar-refractivity contribution in [2.45, 2.75) is 17.7 Å². The molecule has 6 nitrogen and oxygen atoms in total. The predicted molar refractivity (Wildman–Crippen MR) is 103 cm³/mol. The molecule has 0 saturated carbocycles. The predicted octanol–water partition coefficient (Wildman–Crippen LogP) is 3.87. The summed E-state index contributed by atoms with van der Waals surface area (Å²) in [5, 5.41) is 11.0. The number of sulfonamides is 1. The molecule has 0 aromatic heterocycles. The zero-order valence-corrected chi connectivity index (χ0v) is 17.0. The molecule has 0 aliphatic rings. The average Bonchev–Trinajstić information content (AvgIpc) is 2.54. The second kappa shape index (κ2) is 8.37. The SMILES string of the molecule is O=[N+]([O-])c1ccccc1S(=O)(=O)NCCCc1cc(I)ccc1Br. The maximum atomic E-state index is 12.3. The average molecular weight is 525 g/mol. The van der Waals surface area contributed by atoms with Crippen molar-refractivity contribution in [3.05, 3.63) is 66.2 Å². The van der Waals surface area contributed by atoms with Crippen molar-refractivity contribution in [2.24, 2.45) is 0 Å². The zero-order chi connectivity index (χ0) is 17.7. The summed E-state index contributed by atoms with van der Waals surface area (Å²) in [5.74, 6) is 0. The first-order valence-electron chi connectivity index (χ1n) is 6.98. The quantitative estimate of drug-likeness (QED) is 0.258. The van der Waals surface area contributed by atoms with Crippen LogP contribution in [-0.2, 0) is 16.4 Å². The fraction of sp³-hybridized carbons (Fsp3) is 0.200. The maximum Gasteiger partial charge on any atom is 0.289 e. The molecular formula is C15H14BrIN2O4S. The van der Waals surface area contributed by atoms with Crippen LogP contribution < -0.4 is 4.72 Å². The summed E-state index contributed by atoms with van der Waals surface area (Å²) in [6.07, 6.45) is 1.27. The Morgan fingerprint density at radius 3 is 2.62 bits per heavy atom. The second-order valence-electron chi connectivity index (χ2n) is 4.96. The fourth-order valence-electron chi connectivity index (χ4n) is 2.13. The first-order chi connectivity index (χ1) is 11.3. The Morgan fingerprint density at radius 1 is 1.21 bits per heavy atom. The summed E-state index contributed by atoms with van der Waals surface area (Å²) in [6.45, 7) is 0.201. The molecule has 0 amide bonds. The number of rotatable bonds is 7. The maximum absolute atomic E-state index is 12.3. The van der Waals surface area contributed by atoms with Crippen molar-refractivity contribution in [2.75, 3.05) is 6.54 Å². The monoisotopic (exact) mass is 524 g/mol. The van der Waals surface area contributed by atoms with Crippen LogP contribution in [0.4, 0.5) is 5.69 Å². The van der Waals surface area contributed by atoms with Gasteiger partial charge in [-0.25, -0.2) is 13.1 Å². The van der Waals surface area contributed by atoms with E-state index >= 15 is 0 Å². The molecule has 0 radical (unpaired) electrons. The van der Waals surface area contributed by atoms with Gasteiger partial charge in [-0.1, -0.05) is 28.1 Å². The minimum absolute atomic E-state index is 0.201. The summed E-state index contributed by atoms with van der Waals surface area (Å²) >= 11 is 5.68. The lowest BCUT2D eigenvalue weighted by Gasteiger charge is -2.08. The van der Waals surface area contributed by atoms with Crippen molar-refractivity contribution in [3.8, 4) is 0 Å². The molecule has 0 spiro atoms. The van der Waals surface area contributed by atoms with E-state index in [-0.39, 0.29) is 11.4 Å². The van der Waals surface area contributed by atoms with Crippen LogP contribution in [0, 0.1) is 13.7 Å². The number of halogens is 2. The molecule has 0 aliphatic heterocycles. The van der Waals surface area contributed by atoms with Gasteiger partial charge in [0.25, 0.3) is 5.69 Å². The molecular weight excluding hydrogens is 511 g/mol. The Morgan fingerprint density at radius 2 is 1.92 bits per heavy atom. The van der Waals surface area contributed by atoms with Crippen LogP contribution >= 0.6 is 38.5 Å². The van der Waals surface area contributed by atoms with E-state index < -0.39 is 20.6 Å². The lowest BCUT2D eigenvalue weighted by molar-refractivity contribution is -0.387. The highest BCUT2D eigenvalue weighted by Gasteiger charge is 2.24. The topological polar surface area (TPSA) is 89.3 Å². The fourth-order valence-corrected chi connectivity index (χ4v) is 4.38. The summed E-state index contributed by atoms with van der Waals surface area (Å²) in [6, 6.07) is 11.3. The molecule has 2 aromatic rings. The van der Waals surface area contributed by atoms with Crippen LogP contribution in [0.1, 0.15) is 12.0 Å². The van der Waals surface area contributed by atoms with Crippen LogP contribution in [0.3, 0.4) is 0 Å². The molecule has 2 rings (SSSR count). The highest BCUT2D eigenvalue weighted by Crippen LogP contribution is 2.23.